The first-order valence-corrected chi connectivity index (χ1v) is 9.73. The summed E-state index contributed by atoms with van der Waals surface area (Å²) in [6.07, 6.45) is 0. The van der Waals surface area contributed by atoms with E-state index in [0.29, 0.717) is 11.1 Å². The highest BCUT2D eigenvalue weighted by molar-refractivity contribution is 7.89. The monoisotopic (exact) mass is 380 g/mol. The standard InChI is InChI=1S/C21H17FN2O2S/c22-20-12-6-7-13-21(20)27(25,26)24(15-17-8-2-1-3-9-17)16-19-11-5-4-10-18(19)14-23/h1-13H,15-16H2. The van der Waals surface area contributed by atoms with Crippen LogP contribution in [0.3, 0.4) is 0 Å². The molecule has 0 spiro atoms. The second-order valence-electron chi connectivity index (χ2n) is 5.96. The fourth-order valence-corrected chi connectivity index (χ4v) is 4.23. The Morgan fingerprint density at radius 2 is 1.48 bits per heavy atom. The second-order valence-corrected chi connectivity index (χ2v) is 7.86. The zero-order valence-corrected chi connectivity index (χ0v) is 15.2. The maximum absolute atomic E-state index is 14.2. The molecule has 0 heterocycles. The quantitative estimate of drug-likeness (QED) is 0.647. The van der Waals surface area contributed by atoms with Gasteiger partial charge in [0, 0.05) is 13.1 Å². The highest BCUT2D eigenvalue weighted by atomic mass is 32.2. The van der Waals surface area contributed by atoms with Gasteiger partial charge in [0.2, 0.25) is 10.0 Å². The van der Waals surface area contributed by atoms with Gasteiger partial charge in [0.1, 0.15) is 10.7 Å². The summed E-state index contributed by atoms with van der Waals surface area (Å²) in [6, 6.07) is 23.2. The molecule has 0 bridgehead atoms. The molecule has 0 aromatic heterocycles. The number of nitriles is 1. The predicted molar refractivity (Wildman–Crippen MR) is 100 cm³/mol. The first-order valence-electron chi connectivity index (χ1n) is 8.29. The minimum Gasteiger partial charge on any atom is -0.207 e. The molecule has 0 aliphatic carbocycles. The lowest BCUT2D eigenvalue weighted by Crippen LogP contribution is -2.31. The van der Waals surface area contributed by atoms with Crippen LogP contribution in [0.25, 0.3) is 0 Å². The van der Waals surface area contributed by atoms with Gasteiger partial charge in [-0.25, -0.2) is 12.8 Å². The Bertz CT molecular complexity index is 1080. The first kappa shape index (κ1) is 18.8. The fraction of sp³-hybridized carbons (Fsp3) is 0.0952. The molecule has 0 aliphatic heterocycles. The Morgan fingerprint density at radius 1 is 0.852 bits per heavy atom. The van der Waals surface area contributed by atoms with E-state index in [9.17, 15) is 18.1 Å². The molecule has 136 valence electrons. The number of sulfonamides is 1. The molecule has 0 fully saturated rings. The summed E-state index contributed by atoms with van der Waals surface area (Å²) < 4.78 is 41.7. The van der Waals surface area contributed by atoms with Gasteiger partial charge < -0.3 is 0 Å². The van der Waals surface area contributed by atoms with Crippen molar-refractivity contribution < 1.29 is 12.8 Å². The van der Waals surface area contributed by atoms with Gasteiger partial charge in [-0.05, 0) is 29.3 Å². The summed E-state index contributed by atoms with van der Waals surface area (Å²) in [5, 5.41) is 9.31. The van der Waals surface area contributed by atoms with E-state index in [2.05, 4.69) is 6.07 Å². The largest absolute Gasteiger partial charge is 0.246 e. The van der Waals surface area contributed by atoms with Crippen LogP contribution in [-0.4, -0.2) is 12.7 Å². The average Bonchev–Trinajstić information content (AvgIpc) is 2.69. The van der Waals surface area contributed by atoms with Crippen LogP contribution < -0.4 is 0 Å². The number of rotatable bonds is 6. The summed E-state index contributed by atoms with van der Waals surface area (Å²) >= 11 is 0. The summed E-state index contributed by atoms with van der Waals surface area (Å²) in [4.78, 5) is -0.379. The van der Waals surface area contributed by atoms with Crippen LogP contribution in [0.1, 0.15) is 16.7 Å². The Balaban J connectivity index is 2.05. The van der Waals surface area contributed by atoms with E-state index in [4.69, 9.17) is 0 Å². The van der Waals surface area contributed by atoms with Crippen molar-refractivity contribution in [2.45, 2.75) is 18.0 Å². The van der Waals surface area contributed by atoms with E-state index in [1.807, 2.05) is 18.2 Å². The Labute approximate surface area is 158 Å². The van der Waals surface area contributed by atoms with Crippen LogP contribution in [0.4, 0.5) is 4.39 Å². The van der Waals surface area contributed by atoms with Crippen molar-refractivity contribution in [3.63, 3.8) is 0 Å². The van der Waals surface area contributed by atoms with Crippen molar-refractivity contribution in [2.24, 2.45) is 0 Å². The summed E-state index contributed by atoms with van der Waals surface area (Å²) in [6.45, 7) is 0.0343. The number of hydrogen-bond acceptors (Lipinski definition) is 3. The highest BCUT2D eigenvalue weighted by Gasteiger charge is 2.28. The number of hydrogen-bond donors (Lipinski definition) is 0. The first-order chi connectivity index (χ1) is 13.0. The zero-order valence-electron chi connectivity index (χ0n) is 14.4. The van der Waals surface area contributed by atoms with Crippen LogP contribution in [0, 0.1) is 17.1 Å². The van der Waals surface area contributed by atoms with Gasteiger partial charge in [0.05, 0.1) is 11.6 Å². The Kier molecular flexibility index (Phi) is 5.65. The molecule has 0 aliphatic rings. The minimum atomic E-state index is -4.10. The lowest BCUT2D eigenvalue weighted by atomic mass is 10.1. The maximum atomic E-state index is 14.2. The molecule has 3 aromatic carbocycles. The van der Waals surface area contributed by atoms with Gasteiger partial charge in [-0.15, -0.1) is 0 Å². The van der Waals surface area contributed by atoms with Crippen molar-refractivity contribution >= 4 is 10.0 Å². The van der Waals surface area contributed by atoms with Crippen LogP contribution in [0.2, 0.25) is 0 Å². The summed E-state index contributed by atoms with van der Waals surface area (Å²) in [7, 11) is -4.10. The topological polar surface area (TPSA) is 61.2 Å². The second kappa shape index (κ2) is 8.12. The molecule has 0 saturated heterocycles. The molecule has 0 N–H and O–H groups in total. The Hall–Kier alpha value is -3.01. The van der Waals surface area contributed by atoms with E-state index in [1.54, 1.807) is 36.4 Å². The molecule has 0 unspecified atom stereocenters. The normalized spacial score (nSPS) is 11.3. The van der Waals surface area contributed by atoms with E-state index < -0.39 is 15.8 Å². The third-order valence-corrected chi connectivity index (χ3v) is 5.97. The molecule has 0 saturated carbocycles. The van der Waals surface area contributed by atoms with Gasteiger partial charge in [0.15, 0.2) is 0 Å². The van der Waals surface area contributed by atoms with E-state index in [0.717, 1.165) is 11.6 Å². The number of nitrogens with zero attached hydrogens (tertiary/aromatic N) is 2. The summed E-state index contributed by atoms with van der Waals surface area (Å²) in [5.74, 6) is -0.802. The maximum Gasteiger partial charge on any atom is 0.246 e. The average molecular weight is 380 g/mol. The molecule has 6 heteroatoms. The summed E-state index contributed by atoms with van der Waals surface area (Å²) in [5.41, 5.74) is 1.72. The zero-order chi connectivity index (χ0) is 19.3. The fourth-order valence-electron chi connectivity index (χ4n) is 2.76. The predicted octanol–water partition coefficient (Wildman–Crippen LogP) is 4.09. The van der Waals surface area contributed by atoms with Gasteiger partial charge in [-0.1, -0.05) is 60.7 Å². The molecule has 3 aromatic rings. The van der Waals surface area contributed by atoms with Crippen LogP contribution >= 0.6 is 0 Å². The third-order valence-electron chi connectivity index (χ3n) is 4.14. The SMILES string of the molecule is N#Cc1ccccc1CN(Cc1ccccc1)S(=O)(=O)c1ccccc1F. The number of benzene rings is 3. The molecule has 27 heavy (non-hydrogen) atoms. The smallest absolute Gasteiger partial charge is 0.207 e. The third kappa shape index (κ3) is 4.22. The van der Waals surface area contributed by atoms with Crippen LogP contribution in [-0.2, 0) is 23.1 Å². The van der Waals surface area contributed by atoms with Crippen molar-refractivity contribution in [3.8, 4) is 6.07 Å². The lowest BCUT2D eigenvalue weighted by Gasteiger charge is -2.23. The van der Waals surface area contributed by atoms with Gasteiger partial charge in [-0.2, -0.15) is 9.57 Å². The molecule has 3 rings (SSSR count). The van der Waals surface area contributed by atoms with Crippen molar-refractivity contribution in [3.05, 3.63) is 101 Å². The van der Waals surface area contributed by atoms with Crippen LogP contribution in [0.15, 0.2) is 83.8 Å². The van der Waals surface area contributed by atoms with E-state index >= 15 is 0 Å². The molecule has 0 amide bonds. The van der Waals surface area contributed by atoms with E-state index in [-0.39, 0.29) is 18.0 Å². The molecular formula is C21H17FN2O2S. The van der Waals surface area contributed by atoms with Crippen molar-refractivity contribution in [1.29, 1.82) is 5.26 Å². The van der Waals surface area contributed by atoms with Crippen molar-refractivity contribution in [1.82, 2.24) is 4.31 Å². The molecular weight excluding hydrogens is 363 g/mol. The minimum absolute atomic E-state index is 0.0324. The highest BCUT2D eigenvalue weighted by Crippen LogP contribution is 2.24. The van der Waals surface area contributed by atoms with E-state index in [1.165, 1.54) is 22.5 Å². The molecule has 4 nitrogen and oxygen atoms in total. The molecule has 0 atom stereocenters. The molecule has 0 radical (unpaired) electrons. The van der Waals surface area contributed by atoms with Gasteiger partial charge in [0.25, 0.3) is 0 Å². The lowest BCUT2D eigenvalue weighted by molar-refractivity contribution is 0.397. The van der Waals surface area contributed by atoms with Gasteiger partial charge >= 0.3 is 0 Å². The van der Waals surface area contributed by atoms with Crippen LogP contribution in [0.5, 0.6) is 0 Å². The Morgan fingerprint density at radius 3 is 2.19 bits per heavy atom. The van der Waals surface area contributed by atoms with Crippen molar-refractivity contribution in [2.75, 3.05) is 0 Å². The number of halogens is 1. The van der Waals surface area contributed by atoms with Gasteiger partial charge in [-0.3, -0.25) is 0 Å².